The van der Waals surface area contributed by atoms with E-state index in [1.807, 2.05) is 0 Å². The molecule has 3 N–H and O–H groups in total. The largest absolute Gasteiger partial charge is 0.633 e. The van der Waals surface area contributed by atoms with E-state index in [1.165, 1.54) is 57.8 Å². The zero-order chi connectivity index (χ0) is 25.5. The van der Waals surface area contributed by atoms with Gasteiger partial charge in [0.15, 0.2) is 0 Å². The molecule has 0 aliphatic heterocycles. The highest BCUT2D eigenvalue weighted by molar-refractivity contribution is 5.83. The van der Waals surface area contributed by atoms with E-state index in [1.54, 1.807) is 14.1 Å². The molecule has 0 bridgehead atoms. The predicted octanol–water partition coefficient (Wildman–Crippen LogP) is 4.17. The van der Waals surface area contributed by atoms with Gasteiger partial charge in [0.1, 0.15) is 0 Å². The van der Waals surface area contributed by atoms with Crippen molar-refractivity contribution in [2.45, 2.75) is 110 Å². The molecule has 0 fully saturated rings. The maximum atomic E-state index is 11.9. The molecule has 0 spiro atoms. The number of unbranched alkanes of at least 4 members (excludes halogenated alkanes) is 11. The van der Waals surface area contributed by atoms with Crippen LogP contribution in [-0.2, 0) is 14.4 Å². The van der Waals surface area contributed by atoms with E-state index in [2.05, 4.69) is 22.9 Å². The SMILES string of the molecule is CCCCCCCCCCCCCC(=O)NCCNC(=O)CCC(=O)NCCCC[N+](C)(C)[O-]. The fourth-order valence-corrected chi connectivity index (χ4v) is 3.69. The molecule has 200 valence electrons. The van der Waals surface area contributed by atoms with Gasteiger partial charge in [-0.25, -0.2) is 0 Å². The number of amides is 3. The van der Waals surface area contributed by atoms with E-state index < -0.39 is 0 Å². The van der Waals surface area contributed by atoms with Crippen molar-refractivity contribution in [2.75, 3.05) is 40.3 Å². The van der Waals surface area contributed by atoms with Crippen molar-refractivity contribution < 1.29 is 19.0 Å². The number of rotatable bonds is 23. The molecule has 0 aliphatic rings. The zero-order valence-electron chi connectivity index (χ0n) is 22.2. The van der Waals surface area contributed by atoms with Crippen molar-refractivity contribution in [3.05, 3.63) is 5.21 Å². The minimum absolute atomic E-state index is 0.0312. The average Bonchev–Trinajstić information content (AvgIpc) is 2.78. The van der Waals surface area contributed by atoms with Crippen LogP contribution in [0.3, 0.4) is 0 Å². The van der Waals surface area contributed by atoms with Gasteiger partial charge in [-0.05, 0) is 19.3 Å². The molecule has 0 atom stereocenters. The molecule has 0 aliphatic carbocycles. The first kappa shape index (κ1) is 32.3. The van der Waals surface area contributed by atoms with Gasteiger partial charge in [0.25, 0.3) is 0 Å². The summed E-state index contributed by atoms with van der Waals surface area (Å²) in [6.45, 7) is 4.06. The first-order valence-electron chi connectivity index (χ1n) is 13.6. The molecule has 0 heterocycles. The van der Waals surface area contributed by atoms with Crippen LogP contribution < -0.4 is 16.0 Å². The minimum atomic E-state index is -0.325. The summed E-state index contributed by atoms with van der Waals surface area (Å²) in [5.41, 5.74) is 0. The number of nitrogens with one attached hydrogen (secondary N) is 3. The van der Waals surface area contributed by atoms with Crippen LogP contribution in [-0.4, -0.2) is 62.6 Å². The normalized spacial score (nSPS) is 11.3. The number of hydrogen-bond acceptors (Lipinski definition) is 4. The molecular weight excluding hydrogens is 432 g/mol. The number of carbonyl (C=O) groups excluding carboxylic acids is 3. The number of quaternary nitrogens is 1. The lowest BCUT2D eigenvalue weighted by atomic mass is 10.1. The van der Waals surface area contributed by atoms with Crippen molar-refractivity contribution in [3.63, 3.8) is 0 Å². The number of nitrogens with zero attached hydrogens (tertiary/aromatic N) is 1. The van der Waals surface area contributed by atoms with Gasteiger partial charge in [-0.15, -0.1) is 0 Å². The van der Waals surface area contributed by atoms with Gasteiger partial charge >= 0.3 is 0 Å². The van der Waals surface area contributed by atoms with Crippen LogP contribution in [0.25, 0.3) is 0 Å². The highest BCUT2D eigenvalue weighted by Crippen LogP contribution is 2.11. The van der Waals surface area contributed by atoms with Crippen molar-refractivity contribution >= 4 is 17.7 Å². The van der Waals surface area contributed by atoms with E-state index in [-0.39, 0.29) is 35.2 Å². The first-order chi connectivity index (χ1) is 16.2. The fourth-order valence-electron chi connectivity index (χ4n) is 3.69. The van der Waals surface area contributed by atoms with Crippen LogP contribution in [0.15, 0.2) is 0 Å². The Bertz CT molecular complexity index is 535. The summed E-state index contributed by atoms with van der Waals surface area (Å²) in [5.74, 6) is -0.324. The zero-order valence-corrected chi connectivity index (χ0v) is 22.2. The highest BCUT2D eigenvalue weighted by Gasteiger charge is 2.07. The lowest BCUT2D eigenvalue weighted by Crippen LogP contribution is -2.35. The van der Waals surface area contributed by atoms with Crippen molar-refractivity contribution in [2.24, 2.45) is 0 Å². The second-order valence-electron chi connectivity index (χ2n) is 9.84. The molecule has 8 nitrogen and oxygen atoms in total. The van der Waals surface area contributed by atoms with Gasteiger partial charge in [0.05, 0.1) is 20.6 Å². The Labute approximate surface area is 208 Å². The van der Waals surface area contributed by atoms with Crippen LogP contribution in [0.4, 0.5) is 0 Å². The lowest BCUT2D eigenvalue weighted by molar-refractivity contribution is -0.840. The van der Waals surface area contributed by atoms with E-state index in [0.717, 1.165) is 25.7 Å². The Hall–Kier alpha value is -1.67. The maximum Gasteiger partial charge on any atom is 0.220 e. The molecule has 0 aromatic rings. The van der Waals surface area contributed by atoms with Crippen molar-refractivity contribution in [1.82, 2.24) is 16.0 Å². The van der Waals surface area contributed by atoms with Gasteiger partial charge in [-0.2, -0.15) is 0 Å². The molecule has 3 amide bonds. The highest BCUT2D eigenvalue weighted by atomic mass is 16.5. The number of carbonyl (C=O) groups is 3. The molecule has 0 radical (unpaired) electrons. The molecular formula is C26H52N4O4. The Morgan fingerprint density at radius 2 is 0.971 bits per heavy atom. The third-order valence-electron chi connectivity index (χ3n) is 5.80. The van der Waals surface area contributed by atoms with Crippen LogP contribution in [0, 0.1) is 5.21 Å². The molecule has 0 unspecified atom stereocenters. The molecule has 0 aromatic carbocycles. The quantitative estimate of drug-likeness (QED) is 0.115. The third-order valence-corrected chi connectivity index (χ3v) is 5.80. The lowest BCUT2D eigenvalue weighted by Gasteiger charge is -2.33. The monoisotopic (exact) mass is 484 g/mol. The Morgan fingerprint density at radius 3 is 1.44 bits per heavy atom. The van der Waals surface area contributed by atoms with E-state index in [4.69, 9.17) is 0 Å². The maximum absolute atomic E-state index is 11.9. The van der Waals surface area contributed by atoms with E-state index in [0.29, 0.717) is 32.6 Å². The van der Waals surface area contributed by atoms with Crippen LogP contribution in [0.5, 0.6) is 0 Å². The van der Waals surface area contributed by atoms with Crippen molar-refractivity contribution in [3.8, 4) is 0 Å². The smallest absolute Gasteiger partial charge is 0.220 e. The summed E-state index contributed by atoms with van der Waals surface area (Å²) in [6, 6.07) is 0. The summed E-state index contributed by atoms with van der Waals surface area (Å²) in [5, 5.41) is 19.8. The molecule has 0 saturated carbocycles. The molecule has 0 saturated heterocycles. The van der Waals surface area contributed by atoms with Gasteiger partial charge in [-0.3, -0.25) is 14.4 Å². The van der Waals surface area contributed by atoms with Gasteiger partial charge in [-0.1, -0.05) is 71.1 Å². The summed E-state index contributed by atoms with van der Waals surface area (Å²) >= 11 is 0. The Morgan fingerprint density at radius 1 is 0.559 bits per heavy atom. The minimum Gasteiger partial charge on any atom is -0.633 e. The molecule has 0 aromatic heterocycles. The summed E-state index contributed by atoms with van der Waals surface area (Å²) in [6.07, 6.45) is 16.2. The topological polar surface area (TPSA) is 110 Å². The van der Waals surface area contributed by atoms with E-state index >= 15 is 0 Å². The number of hydroxylamine groups is 3. The van der Waals surface area contributed by atoms with Crippen LogP contribution in [0.1, 0.15) is 110 Å². The fraction of sp³-hybridized carbons (Fsp3) is 0.885. The van der Waals surface area contributed by atoms with Gasteiger partial charge in [0, 0.05) is 38.9 Å². The van der Waals surface area contributed by atoms with Crippen LogP contribution in [0.2, 0.25) is 0 Å². The van der Waals surface area contributed by atoms with Gasteiger partial charge in [0.2, 0.25) is 17.7 Å². The average molecular weight is 485 g/mol. The van der Waals surface area contributed by atoms with E-state index in [9.17, 15) is 19.6 Å². The standard InChI is InChI=1S/C26H52N4O4/c1-4-5-6-7-8-9-10-11-12-13-14-17-24(31)28-21-22-29-26(33)19-18-25(32)27-20-15-16-23-30(2,3)34/h4-23H2,1-3H3,(H,27,32)(H,28,31)(H,29,33). The third kappa shape index (κ3) is 25.0. The molecule has 34 heavy (non-hydrogen) atoms. The van der Waals surface area contributed by atoms with Crippen molar-refractivity contribution in [1.29, 1.82) is 0 Å². The van der Waals surface area contributed by atoms with Crippen LogP contribution >= 0.6 is 0 Å². The number of hydrogen-bond donors (Lipinski definition) is 3. The molecule has 8 heteroatoms. The predicted molar refractivity (Wildman–Crippen MR) is 139 cm³/mol. The summed E-state index contributed by atoms with van der Waals surface area (Å²) in [7, 11) is 3.20. The molecule has 0 rings (SSSR count). The van der Waals surface area contributed by atoms with Gasteiger partial charge < -0.3 is 25.8 Å². The first-order valence-corrected chi connectivity index (χ1v) is 13.6. The Balaban J connectivity index is 3.46. The second-order valence-corrected chi connectivity index (χ2v) is 9.84. The summed E-state index contributed by atoms with van der Waals surface area (Å²) in [4.78, 5) is 35.5. The second kappa shape index (κ2) is 21.8. The summed E-state index contributed by atoms with van der Waals surface area (Å²) < 4.78 is -0.325. The Kier molecular flexibility index (Phi) is 20.8.